The summed E-state index contributed by atoms with van der Waals surface area (Å²) in [5, 5.41) is 0. The van der Waals surface area contributed by atoms with Gasteiger partial charge in [-0.25, -0.2) is 4.79 Å². The van der Waals surface area contributed by atoms with E-state index in [2.05, 4.69) is 8.92 Å². The number of esters is 1. The second kappa shape index (κ2) is 5.30. The Morgan fingerprint density at radius 3 is 2.55 bits per heavy atom. The molecule has 0 aliphatic carbocycles. The van der Waals surface area contributed by atoms with Crippen LogP contribution in [-0.2, 0) is 26.1 Å². The van der Waals surface area contributed by atoms with Gasteiger partial charge in [-0.3, -0.25) is 9.36 Å². The van der Waals surface area contributed by atoms with E-state index in [1.807, 2.05) is 0 Å². The van der Waals surface area contributed by atoms with Crippen molar-refractivity contribution in [2.24, 2.45) is 0 Å². The second-order valence-corrected chi connectivity index (χ2v) is 5.99. The average Bonchev–Trinajstić information content (AvgIpc) is 2.80. The minimum Gasteiger partial charge on any atom is -0.467 e. The molecule has 0 saturated carbocycles. The maximum absolute atomic E-state index is 12.2. The van der Waals surface area contributed by atoms with Gasteiger partial charge in [0.2, 0.25) is 0 Å². The second-order valence-electron chi connectivity index (χ2n) is 4.45. The lowest BCUT2D eigenvalue weighted by atomic mass is 10.2. The predicted octanol–water partition coefficient (Wildman–Crippen LogP) is 0.737. The first-order chi connectivity index (χ1) is 10.1. The Morgan fingerprint density at radius 2 is 2.00 bits per heavy atom. The molecule has 0 bridgehead atoms. The van der Waals surface area contributed by atoms with Gasteiger partial charge in [-0.15, -0.1) is 0 Å². The van der Waals surface area contributed by atoms with Gasteiger partial charge in [-0.2, -0.15) is 21.6 Å². The Balaban J connectivity index is 2.40. The van der Waals surface area contributed by atoms with Crippen LogP contribution in [0.1, 0.15) is 18.2 Å². The fraction of sp³-hybridized carbons (Fsp3) is 0.455. The number of alkyl halides is 3. The highest BCUT2D eigenvalue weighted by atomic mass is 32.2. The molecule has 7 nitrogen and oxygen atoms in total. The summed E-state index contributed by atoms with van der Waals surface area (Å²) in [4.78, 5) is 23.4. The topological polar surface area (TPSA) is 91.7 Å². The van der Waals surface area contributed by atoms with Crippen LogP contribution in [0.15, 0.2) is 16.9 Å². The van der Waals surface area contributed by atoms with Crippen molar-refractivity contribution < 1.29 is 35.3 Å². The molecule has 1 aromatic rings. The summed E-state index contributed by atoms with van der Waals surface area (Å²) in [5.41, 5.74) is -6.26. The number of fused-ring (bicyclic) bond motifs is 1. The third-order valence-electron chi connectivity index (χ3n) is 3.07. The molecule has 1 unspecified atom stereocenters. The van der Waals surface area contributed by atoms with Crippen LogP contribution >= 0.6 is 0 Å². The van der Waals surface area contributed by atoms with Crippen molar-refractivity contribution >= 4 is 16.1 Å². The van der Waals surface area contributed by atoms with Gasteiger partial charge >= 0.3 is 21.6 Å². The number of ether oxygens (including phenoxy) is 1. The molecule has 0 spiro atoms. The summed E-state index contributed by atoms with van der Waals surface area (Å²) in [6.45, 7) is 0. The number of nitrogens with zero attached hydrogens (tertiary/aromatic N) is 1. The summed E-state index contributed by atoms with van der Waals surface area (Å²) in [7, 11) is -4.72. The van der Waals surface area contributed by atoms with E-state index in [0.29, 0.717) is 6.07 Å². The molecule has 0 amide bonds. The number of aromatic nitrogens is 1. The molecule has 1 aromatic heterocycles. The SMILES string of the molecule is COC(=O)C1CCc2cc(OS(=O)(=O)C(F)(F)F)cc(=O)n21. The molecule has 1 atom stereocenters. The number of rotatable bonds is 3. The minimum absolute atomic E-state index is 0.190. The van der Waals surface area contributed by atoms with Crippen molar-refractivity contribution in [1.29, 1.82) is 0 Å². The van der Waals surface area contributed by atoms with Crippen LogP contribution in [0.25, 0.3) is 0 Å². The Labute approximate surface area is 122 Å². The number of aryl methyl sites for hydroxylation is 1. The maximum atomic E-state index is 12.2. The average molecular weight is 341 g/mol. The van der Waals surface area contributed by atoms with E-state index in [4.69, 9.17) is 0 Å². The zero-order valence-electron chi connectivity index (χ0n) is 11.1. The van der Waals surface area contributed by atoms with Gasteiger partial charge in [0, 0.05) is 17.8 Å². The highest BCUT2D eigenvalue weighted by molar-refractivity contribution is 7.88. The Kier molecular flexibility index (Phi) is 3.94. The number of methoxy groups -OCH3 is 1. The predicted molar refractivity (Wildman–Crippen MR) is 65.7 cm³/mol. The van der Waals surface area contributed by atoms with Crippen LogP contribution < -0.4 is 9.74 Å². The number of halogens is 3. The maximum Gasteiger partial charge on any atom is 0.534 e. The molecule has 0 saturated heterocycles. The minimum atomic E-state index is -5.86. The Bertz CT molecular complexity index is 767. The van der Waals surface area contributed by atoms with E-state index in [1.165, 1.54) is 0 Å². The number of carbonyl (C=O) groups is 1. The molecule has 1 aliphatic rings. The van der Waals surface area contributed by atoms with Crippen molar-refractivity contribution in [3.63, 3.8) is 0 Å². The molecule has 0 N–H and O–H groups in total. The van der Waals surface area contributed by atoms with Crippen molar-refractivity contribution in [2.75, 3.05) is 7.11 Å². The molecule has 0 radical (unpaired) electrons. The third kappa shape index (κ3) is 2.80. The Hall–Kier alpha value is -2.04. The van der Waals surface area contributed by atoms with Crippen molar-refractivity contribution in [2.45, 2.75) is 24.4 Å². The van der Waals surface area contributed by atoms with E-state index in [0.717, 1.165) is 17.7 Å². The molecule has 0 fully saturated rings. The molecule has 2 rings (SSSR count). The Morgan fingerprint density at radius 1 is 1.36 bits per heavy atom. The van der Waals surface area contributed by atoms with E-state index in [-0.39, 0.29) is 18.5 Å². The van der Waals surface area contributed by atoms with Gasteiger partial charge in [0.15, 0.2) is 0 Å². The molecule has 2 heterocycles. The smallest absolute Gasteiger partial charge is 0.467 e. The first kappa shape index (κ1) is 16.3. The first-order valence-electron chi connectivity index (χ1n) is 5.91. The van der Waals surface area contributed by atoms with Gasteiger partial charge in [0.25, 0.3) is 5.56 Å². The molecular formula is C11H10F3NO6S. The summed E-state index contributed by atoms with van der Waals surface area (Å²) in [6.07, 6.45) is 0.412. The van der Waals surface area contributed by atoms with Crippen molar-refractivity contribution in [3.8, 4) is 5.75 Å². The lowest BCUT2D eigenvalue weighted by molar-refractivity contribution is -0.144. The van der Waals surface area contributed by atoms with Crippen LogP contribution in [0.2, 0.25) is 0 Å². The zero-order chi connectivity index (χ0) is 16.7. The zero-order valence-corrected chi connectivity index (χ0v) is 11.9. The molecule has 11 heteroatoms. The molecule has 0 aromatic carbocycles. The fourth-order valence-electron chi connectivity index (χ4n) is 2.15. The fourth-order valence-corrected chi connectivity index (χ4v) is 2.59. The third-order valence-corrected chi connectivity index (χ3v) is 4.05. The summed E-state index contributed by atoms with van der Waals surface area (Å²) in [5.74, 6) is -1.42. The van der Waals surface area contributed by atoms with Crippen LogP contribution in [0, 0.1) is 0 Å². The van der Waals surface area contributed by atoms with E-state index >= 15 is 0 Å². The van der Waals surface area contributed by atoms with Gasteiger partial charge in [0.1, 0.15) is 11.8 Å². The quantitative estimate of drug-likeness (QED) is 0.457. The lowest BCUT2D eigenvalue weighted by Gasteiger charge is -2.13. The summed E-state index contributed by atoms with van der Waals surface area (Å²) >= 11 is 0. The number of pyridine rings is 1. The summed E-state index contributed by atoms with van der Waals surface area (Å²) in [6, 6.07) is 0.669. The monoisotopic (exact) mass is 341 g/mol. The van der Waals surface area contributed by atoms with Crippen molar-refractivity contribution in [3.05, 3.63) is 28.2 Å². The highest BCUT2D eigenvalue weighted by Gasteiger charge is 2.48. The van der Waals surface area contributed by atoms with E-state index in [9.17, 15) is 31.2 Å². The number of hydrogen-bond acceptors (Lipinski definition) is 6. The van der Waals surface area contributed by atoms with Crippen LogP contribution in [0.5, 0.6) is 5.75 Å². The summed E-state index contributed by atoms with van der Waals surface area (Å²) < 4.78 is 68.1. The number of carbonyl (C=O) groups excluding carboxylic acids is 1. The lowest BCUT2D eigenvalue weighted by Crippen LogP contribution is -2.30. The van der Waals surface area contributed by atoms with Gasteiger partial charge in [-0.1, -0.05) is 0 Å². The van der Waals surface area contributed by atoms with Crippen LogP contribution in [0.3, 0.4) is 0 Å². The normalized spacial score (nSPS) is 17.9. The highest BCUT2D eigenvalue weighted by Crippen LogP contribution is 2.30. The largest absolute Gasteiger partial charge is 0.534 e. The van der Waals surface area contributed by atoms with Crippen LogP contribution in [0.4, 0.5) is 13.2 Å². The number of hydrogen-bond donors (Lipinski definition) is 0. The van der Waals surface area contributed by atoms with Crippen molar-refractivity contribution in [1.82, 2.24) is 4.57 Å². The molecule has 1 aliphatic heterocycles. The van der Waals surface area contributed by atoms with E-state index in [1.54, 1.807) is 0 Å². The molecular weight excluding hydrogens is 331 g/mol. The van der Waals surface area contributed by atoms with Gasteiger partial charge < -0.3 is 8.92 Å². The van der Waals surface area contributed by atoms with Gasteiger partial charge in [0.05, 0.1) is 7.11 Å². The standard InChI is InChI=1S/C11H10F3NO6S/c1-20-10(17)8-3-2-6-4-7(5-9(16)15(6)8)21-22(18,19)11(12,13)14/h4-5,8H,2-3H2,1H3. The van der Waals surface area contributed by atoms with Crippen LogP contribution in [-0.4, -0.2) is 31.6 Å². The van der Waals surface area contributed by atoms with E-state index < -0.39 is 38.9 Å². The first-order valence-corrected chi connectivity index (χ1v) is 7.31. The molecule has 122 valence electrons. The van der Waals surface area contributed by atoms with Gasteiger partial charge in [-0.05, 0) is 12.8 Å². The molecule has 22 heavy (non-hydrogen) atoms.